The molecule has 1 aromatic rings. The molecule has 0 saturated carbocycles. The second kappa shape index (κ2) is 7.31. The van der Waals surface area contributed by atoms with Gasteiger partial charge in [0.15, 0.2) is 0 Å². The van der Waals surface area contributed by atoms with Gasteiger partial charge in [-0.1, -0.05) is 25.1 Å². The molecule has 1 aromatic carbocycles. The zero-order chi connectivity index (χ0) is 20.6. The SMILES string of the molecule is CC1CC(C(=O)O)=CC=C1/C=C1\SC(=O)N(c2cccc(C(F)(F)F)c2)C1=O. The maximum atomic E-state index is 12.9. The van der Waals surface area contributed by atoms with Gasteiger partial charge in [0.25, 0.3) is 11.1 Å². The van der Waals surface area contributed by atoms with E-state index in [0.29, 0.717) is 22.2 Å². The van der Waals surface area contributed by atoms with Crippen LogP contribution in [-0.2, 0) is 15.8 Å². The third-order valence-electron chi connectivity index (χ3n) is 4.37. The summed E-state index contributed by atoms with van der Waals surface area (Å²) in [4.78, 5) is 36.7. The number of alkyl halides is 3. The number of carbonyl (C=O) groups excluding carboxylic acids is 2. The van der Waals surface area contributed by atoms with Crippen molar-refractivity contribution in [3.8, 4) is 0 Å². The van der Waals surface area contributed by atoms with Gasteiger partial charge in [0.2, 0.25) is 0 Å². The predicted molar refractivity (Wildman–Crippen MR) is 97.6 cm³/mol. The number of benzene rings is 1. The number of carboxylic acids is 1. The molecule has 5 nitrogen and oxygen atoms in total. The molecule has 2 aliphatic rings. The zero-order valence-electron chi connectivity index (χ0n) is 14.5. The van der Waals surface area contributed by atoms with Gasteiger partial charge in [-0.05, 0) is 53.9 Å². The van der Waals surface area contributed by atoms with Crippen LogP contribution in [-0.4, -0.2) is 22.2 Å². The molecule has 3 rings (SSSR count). The molecule has 0 bridgehead atoms. The largest absolute Gasteiger partial charge is 0.478 e. The third kappa shape index (κ3) is 3.89. The number of carbonyl (C=O) groups is 3. The van der Waals surface area contributed by atoms with Gasteiger partial charge in [-0.2, -0.15) is 13.2 Å². The Morgan fingerprint density at radius 1 is 1.29 bits per heavy atom. The number of anilines is 1. The first-order chi connectivity index (χ1) is 13.1. The Bertz CT molecular complexity index is 962. The molecule has 1 aliphatic heterocycles. The maximum absolute atomic E-state index is 12.9. The van der Waals surface area contributed by atoms with E-state index in [-0.39, 0.29) is 28.5 Å². The lowest BCUT2D eigenvalue weighted by atomic mass is 9.88. The molecule has 0 radical (unpaired) electrons. The fourth-order valence-corrected chi connectivity index (χ4v) is 3.73. The number of carboxylic acid groups (broad SMARTS) is 1. The van der Waals surface area contributed by atoms with Crippen molar-refractivity contribution in [1.29, 1.82) is 0 Å². The molecule has 1 heterocycles. The summed E-state index contributed by atoms with van der Waals surface area (Å²) in [5, 5.41) is 8.35. The van der Waals surface area contributed by atoms with Crippen molar-refractivity contribution in [1.82, 2.24) is 0 Å². The zero-order valence-corrected chi connectivity index (χ0v) is 15.3. The molecule has 28 heavy (non-hydrogen) atoms. The Labute approximate surface area is 162 Å². The minimum absolute atomic E-state index is 0.0766. The molecule has 1 aliphatic carbocycles. The average Bonchev–Trinajstić information content (AvgIpc) is 2.89. The molecular weight excluding hydrogens is 395 g/mol. The number of rotatable bonds is 3. The first-order valence-corrected chi connectivity index (χ1v) is 8.99. The highest BCUT2D eigenvalue weighted by molar-refractivity contribution is 8.18. The van der Waals surface area contributed by atoms with Crippen molar-refractivity contribution >= 4 is 34.6 Å². The van der Waals surface area contributed by atoms with Gasteiger partial charge in [-0.25, -0.2) is 9.69 Å². The van der Waals surface area contributed by atoms with Crippen molar-refractivity contribution in [2.75, 3.05) is 4.90 Å². The normalized spacial score (nSPS) is 21.8. The molecule has 2 amide bonds. The summed E-state index contributed by atoms with van der Waals surface area (Å²) >= 11 is 0.632. The highest BCUT2D eigenvalue weighted by Crippen LogP contribution is 2.39. The van der Waals surface area contributed by atoms with Gasteiger partial charge in [0.1, 0.15) is 0 Å². The second-order valence-corrected chi connectivity index (χ2v) is 7.33. The number of hydrogen-bond donors (Lipinski definition) is 1. The summed E-state index contributed by atoms with van der Waals surface area (Å²) in [6.07, 6.45) is 0.165. The third-order valence-corrected chi connectivity index (χ3v) is 5.24. The van der Waals surface area contributed by atoms with E-state index in [4.69, 9.17) is 5.11 Å². The van der Waals surface area contributed by atoms with Crippen LogP contribution in [0, 0.1) is 5.92 Å². The fraction of sp³-hybridized carbons (Fsp3) is 0.211. The van der Waals surface area contributed by atoms with E-state index in [1.54, 1.807) is 13.0 Å². The van der Waals surface area contributed by atoms with E-state index in [1.165, 1.54) is 18.2 Å². The van der Waals surface area contributed by atoms with E-state index in [0.717, 1.165) is 18.2 Å². The van der Waals surface area contributed by atoms with Crippen molar-refractivity contribution < 1.29 is 32.7 Å². The number of imide groups is 1. The lowest BCUT2D eigenvalue weighted by Gasteiger charge is -2.18. The van der Waals surface area contributed by atoms with Crippen molar-refractivity contribution in [2.24, 2.45) is 5.92 Å². The summed E-state index contributed by atoms with van der Waals surface area (Å²) in [5.74, 6) is -1.92. The van der Waals surface area contributed by atoms with Crippen molar-refractivity contribution in [3.05, 3.63) is 64.1 Å². The van der Waals surface area contributed by atoms with E-state index in [2.05, 4.69) is 0 Å². The van der Waals surface area contributed by atoms with Crippen LogP contribution in [0.1, 0.15) is 18.9 Å². The van der Waals surface area contributed by atoms with Crippen LogP contribution in [0.25, 0.3) is 0 Å². The van der Waals surface area contributed by atoms with Gasteiger partial charge < -0.3 is 5.11 Å². The van der Waals surface area contributed by atoms with Crippen LogP contribution in [0.2, 0.25) is 0 Å². The minimum Gasteiger partial charge on any atom is -0.478 e. The van der Waals surface area contributed by atoms with E-state index in [9.17, 15) is 27.6 Å². The molecule has 9 heteroatoms. The van der Waals surface area contributed by atoms with Gasteiger partial charge in [0, 0.05) is 5.57 Å². The van der Waals surface area contributed by atoms with Crippen molar-refractivity contribution in [2.45, 2.75) is 19.5 Å². The highest BCUT2D eigenvalue weighted by Gasteiger charge is 2.38. The highest BCUT2D eigenvalue weighted by atomic mass is 32.2. The first kappa shape index (κ1) is 19.9. The Hall–Kier alpha value is -2.81. The summed E-state index contributed by atoms with van der Waals surface area (Å²) in [5.41, 5.74) is -0.205. The molecule has 146 valence electrons. The quantitative estimate of drug-likeness (QED) is 0.728. The number of halogens is 3. The second-order valence-electron chi connectivity index (χ2n) is 6.33. The molecule has 0 spiro atoms. The lowest BCUT2D eigenvalue weighted by Crippen LogP contribution is -2.28. The average molecular weight is 409 g/mol. The molecule has 1 N–H and O–H groups in total. The van der Waals surface area contributed by atoms with Crippen LogP contribution in [0.3, 0.4) is 0 Å². The summed E-state index contributed by atoms with van der Waals surface area (Å²) < 4.78 is 38.7. The number of amides is 2. The fourth-order valence-electron chi connectivity index (χ4n) is 2.89. The van der Waals surface area contributed by atoms with E-state index in [1.807, 2.05) is 0 Å². The van der Waals surface area contributed by atoms with Gasteiger partial charge in [-0.3, -0.25) is 9.59 Å². The smallest absolute Gasteiger partial charge is 0.416 e. The molecule has 1 saturated heterocycles. The number of allylic oxidation sites excluding steroid dienone is 4. The van der Waals surface area contributed by atoms with Gasteiger partial charge >= 0.3 is 12.1 Å². The van der Waals surface area contributed by atoms with Crippen LogP contribution < -0.4 is 4.90 Å². The summed E-state index contributed by atoms with van der Waals surface area (Å²) in [6.45, 7) is 1.79. The van der Waals surface area contributed by atoms with Crippen LogP contribution in [0.15, 0.2) is 58.5 Å². The summed E-state index contributed by atoms with van der Waals surface area (Å²) in [6, 6.07) is 4.01. The van der Waals surface area contributed by atoms with Crippen molar-refractivity contribution in [3.63, 3.8) is 0 Å². The van der Waals surface area contributed by atoms with E-state index < -0.39 is 28.9 Å². The number of hydrogen-bond acceptors (Lipinski definition) is 4. The molecule has 1 unspecified atom stereocenters. The molecule has 1 atom stereocenters. The molecule has 1 fully saturated rings. The summed E-state index contributed by atoms with van der Waals surface area (Å²) in [7, 11) is 0. The van der Waals surface area contributed by atoms with Gasteiger partial charge in [-0.15, -0.1) is 0 Å². The molecule has 0 aromatic heterocycles. The Kier molecular flexibility index (Phi) is 5.20. The molecular formula is C19H14F3NO4S. The monoisotopic (exact) mass is 409 g/mol. The maximum Gasteiger partial charge on any atom is 0.416 e. The predicted octanol–water partition coefficient (Wildman–Crippen LogP) is 4.77. The first-order valence-electron chi connectivity index (χ1n) is 8.17. The van der Waals surface area contributed by atoms with Crippen LogP contribution in [0.5, 0.6) is 0 Å². The van der Waals surface area contributed by atoms with Crippen LogP contribution in [0.4, 0.5) is 23.7 Å². The Balaban J connectivity index is 1.91. The van der Waals surface area contributed by atoms with E-state index >= 15 is 0 Å². The van der Waals surface area contributed by atoms with Gasteiger partial charge in [0.05, 0.1) is 16.2 Å². The number of thioether (sulfide) groups is 1. The van der Waals surface area contributed by atoms with Crippen LogP contribution >= 0.6 is 11.8 Å². The number of aliphatic carboxylic acids is 1. The Morgan fingerprint density at radius 3 is 2.61 bits per heavy atom. The topological polar surface area (TPSA) is 74.7 Å². The lowest BCUT2D eigenvalue weighted by molar-refractivity contribution is -0.137. The Morgan fingerprint density at radius 2 is 2.00 bits per heavy atom. The minimum atomic E-state index is -4.59. The standard InChI is InChI=1S/C19H14F3NO4S/c1-10-7-12(17(25)26)6-5-11(10)8-15-16(24)23(18(27)28-15)14-4-2-3-13(9-14)19(20,21)22/h2-6,8-10H,7H2,1H3,(H,25,26)/b15-8-. The number of nitrogens with zero attached hydrogens (tertiary/aromatic N) is 1.